The molecule has 2 amide bonds. The molecule has 2 aromatic rings. The lowest BCUT2D eigenvalue weighted by Crippen LogP contribution is -2.41. The third kappa shape index (κ3) is 5.42. The lowest BCUT2D eigenvalue weighted by atomic mass is 10.1. The number of hydrogen-bond donors (Lipinski definition) is 2. The predicted octanol–water partition coefficient (Wildman–Crippen LogP) is 3.92. The maximum absolute atomic E-state index is 13.1. The van der Waals surface area contributed by atoms with E-state index in [0.29, 0.717) is 6.42 Å². The number of hydrogen-bond acceptors (Lipinski definition) is 2. The van der Waals surface area contributed by atoms with Crippen LogP contribution in [0.15, 0.2) is 42.5 Å². The third-order valence-electron chi connectivity index (χ3n) is 3.49. The Bertz CT molecular complexity index is 709. The summed E-state index contributed by atoms with van der Waals surface area (Å²) in [5.41, 5.74) is 1.81. The SMILES string of the molecule is COc1cccc(CC(C)NC(=O)NCc2ccc(F)c(Cl)c2)c1. The summed E-state index contributed by atoms with van der Waals surface area (Å²) in [6.45, 7) is 2.20. The Morgan fingerprint density at radius 2 is 2.04 bits per heavy atom. The number of rotatable bonds is 6. The number of ether oxygens (including phenoxy) is 1. The van der Waals surface area contributed by atoms with Crippen LogP contribution in [0.2, 0.25) is 5.02 Å². The number of carbonyl (C=O) groups is 1. The first-order valence-corrected chi connectivity index (χ1v) is 7.97. The first-order valence-electron chi connectivity index (χ1n) is 7.59. The summed E-state index contributed by atoms with van der Waals surface area (Å²) in [4.78, 5) is 11.9. The van der Waals surface area contributed by atoms with Gasteiger partial charge in [0.15, 0.2) is 0 Å². The molecular weight excluding hydrogens is 331 g/mol. The molecule has 4 nitrogen and oxygen atoms in total. The van der Waals surface area contributed by atoms with Crippen LogP contribution in [0.25, 0.3) is 0 Å². The minimum absolute atomic E-state index is 0.0427. The Labute approximate surface area is 146 Å². The van der Waals surface area contributed by atoms with Gasteiger partial charge in [-0.1, -0.05) is 29.8 Å². The molecule has 0 aromatic heterocycles. The standard InChI is InChI=1S/C18H20ClFN2O2/c1-12(8-13-4-3-5-15(9-13)24-2)22-18(23)21-11-14-6-7-17(20)16(19)10-14/h3-7,9-10,12H,8,11H2,1-2H3,(H2,21,22,23). The summed E-state index contributed by atoms with van der Waals surface area (Å²) in [5.74, 6) is 0.314. The average molecular weight is 351 g/mol. The van der Waals surface area contributed by atoms with E-state index in [4.69, 9.17) is 16.3 Å². The van der Waals surface area contributed by atoms with Crippen molar-refractivity contribution in [2.45, 2.75) is 25.9 Å². The van der Waals surface area contributed by atoms with Gasteiger partial charge in [-0.05, 0) is 48.7 Å². The van der Waals surface area contributed by atoms with Crippen molar-refractivity contribution < 1.29 is 13.9 Å². The number of methoxy groups -OCH3 is 1. The van der Waals surface area contributed by atoms with Crippen LogP contribution < -0.4 is 15.4 Å². The molecule has 6 heteroatoms. The second kappa shape index (κ2) is 8.55. The van der Waals surface area contributed by atoms with Crippen molar-refractivity contribution in [2.24, 2.45) is 0 Å². The number of halogens is 2. The first kappa shape index (κ1) is 18.1. The molecule has 24 heavy (non-hydrogen) atoms. The minimum atomic E-state index is -0.475. The van der Waals surface area contributed by atoms with Gasteiger partial charge in [-0.3, -0.25) is 0 Å². The van der Waals surface area contributed by atoms with Crippen molar-refractivity contribution >= 4 is 17.6 Å². The lowest BCUT2D eigenvalue weighted by molar-refractivity contribution is 0.237. The maximum atomic E-state index is 13.1. The van der Waals surface area contributed by atoms with Crippen LogP contribution in [0.3, 0.4) is 0 Å². The molecule has 0 saturated heterocycles. The lowest BCUT2D eigenvalue weighted by Gasteiger charge is -2.15. The molecule has 2 rings (SSSR count). The highest BCUT2D eigenvalue weighted by Gasteiger charge is 2.09. The van der Waals surface area contributed by atoms with Gasteiger partial charge in [0, 0.05) is 12.6 Å². The van der Waals surface area contributed by atoms with Crippen molar-refractivity contribution in [3.05, 3.63) is 64.4 Å². The van der Waals surface area contributed by atoms with Gasteiger partial charge < -0.3 is 15.4 Å². The van der Waals surface area contributed by atoms with Crippen molar-refractivity contribution in [2.75, 3.05) is 7.11 Å². The highest BCUT2D eigenvalue weighted by atomic mass is 35.5. The monoisotopic (exact) mass is 350 g/mol. The molecule has 0 aliphatic heterocycles. The number of carbonyl (C=O) groups excluding carboxylic acids is 1. The molecule has 0 saturated carbocycles. The molecule has 0 heterocycles. The molecule has 1 atom stereocenters. The summed E-state index contributed by atoms with van der Waals surface area (Å²) >= 11 is 5.71. The molecule has 0 fully saturated rings. The summed E-state index contributed by atoms with van der Waals surface area (Å²) < 4.78 is 18.3. The topological polar surface area (TPSA) is 50.4 Å². The quantitative estimate of drug-likeness (QED) is 0.829. The molecule has 0 aliphatic carbocycles. The van der Waals surface area contributed by atoms with E-state index in [0.717, 1.165) is 16.9 Å². The Morgan fingerprint density at radius 3 is 2.75 bits per heavy atom. The fourth-order valence-corrected chi connectivity index (χ4v) is 2.51. The smallest absolute Gasteiger partial charge is 0.315 e. The first-order chi connectivity index (χ1) is 11.5. The molecule has 0 aliphatic rings. The van der Waals surface area contributed by atoms with Crippen LogP contribution in [0.1, 0.15) is 18.1 Å². The van der Waals surface area contributed by atoms with Crippen molar-refractivity contribution in [1.82, 2.24) is 10.6 Å². The van der Waals surface area contributed by atoms with Crippen LogP contribution in [0.4, 0.5) is 9.18 Å². The van der Waals surface area contributed by atoms with E-state index in [1.54, 1.807) is 13.2 Å². The molecule has 0 radical (unpaired) electrons. The molecular formula is C18H20ClFN2O2. The largest absolute Gasteiger partial charge is 0.497 e. The van der Waals surface area contributed by atoms with E-state index >= 15 is 0 Å². The van der Waals surface area contributed by atoms with Crippen LogP contribution >= 0.6 is 11.6 Å². The summed E-state index contributed by atoms with van der Waals surface area (Å²) in [7, 11) is 1.62. The van der Waals surface area contributed by atoms with E-state index in [1.165, 1.54) is 12.1 Å². The molecule has 2 N–H and O–H groups in total. The third-order valence-corrected chi connectivity index (χ3v) is 3.78. The molecule has 0 spiro atoms. The zero-order valence-electron chi connectivity index (χ0n) is 13.6. The van der Waals surface area contributed by atoms with Gasteiger partial charge in [-0.15, -0.1) is 0 Å². The van der Waals surface area contributed by atoms with Crippen molar-refractivity contribution in [1.29, 1.82) is 0 Å². The number of urea groups is 1. The van der Waals surface area contributed by atoms with Gasteiger partial charge in [0.05, 0.1) is 12.1 Å². The van der Waals surface area contributed by atoms with E-state index in [2.05, 4.69) is 10.6 Å². The normalized spacial score (nSPS) is 11.7. The Balaban J connectivity index is 1.81. The summed E-state index contributed by atoms with van der Waals surface area (Å²) in [6, 6.07) is 11.7. The zero-order chi connectivity index (χ0) is 17.5. The van der Waals surface area contributed by atoms with Gasteiger partial charge in [-0.2, -0.15) is 0 Å². The second-order valence-electron chi connectivity index (χ2n) is 5.53. The Kier molecular flexibility index (Phi) is 6.44. The van der Waals surface area contributed by atoms with Crippen molar-refractivity contribution in [3.8, 4) is 5.75 Å². The molecule has 0 bridgehead atoms. The van der Waals surface area contributed by atoms with Gasteiger partial charge in [-0.25, -0.2) is 9.18 Å². The summed E-state index contributed by atoms with van der Waals surface area (Å²) in [5, 5.41) is 5.64. The van der Waals surface area contributed by atoms with E-state index in [-0.39, 0.29) is 23.6 Å². The van der Waals surface area contributed by atoms with Crippen LogP contribution in [0.5, 0.6) is 5.75 Å². The summed E-state index contributed by atoms with van der Waals surface area (Å²) in [6.07, 6.45) is 0.687. The highest BCUT2D eigenvalue weighted by Crippen LogP contribution is 2.16. The number of benzene rings is 2. The fourth-order valence-electron chi connectivity index (χ4n) is 2.31. The number of nitrogens with one attached hydrogen (secondary N) is 2. The minimum Gasteiger partial charge on any atom is -0.497 e. The van der Waals surface area contributed by atoms with Gasteiger partial charge >= 0.3 is 6.03 Å². The van der Waals surface area contributed by atoms with Gasteiger partial charge in [0.25, 0.3) is 0 Å². The van der Waals surface area contributed by atoms with Crippen LogP contribution in [0, 0.1) is 5.82 Å². The van der Waals surface area contributed by atoms with E-state index in [9.17, 15) is 9.18 Å². The Morgan fingerprint density at radius 1 is 1.25 bits per heavy atom. The highest BCUT2D eigenvalue weighted by molar-refractivity contribution is 6.30. The van der Waals surface area contributed by atoms with Crippen molar-refractivity contribution in [3.63, 3.8) is 0 Å². The van der Waals surface area contributed by atoms with Crippen LogP contribution in [-0.2, 0) is 13.0 Å². The molecule has 128 valence electrons. The Hall–Kier alpha value is -2.27. The van der Waals surface area contributed by atoms with E-state index in [1.807, 2.05) is 31.2 Å². The fraction of sp³-hybridized carbons (Fsp3) is 0.278. The van der Waals surface area contributed by atoms with E-state index < -0.39 is 5.82 Å². The number of amides is 2. The van der Waals surface area contributed by atoms with Crippen LogP contribution in [-0.4, -0.2) is 19.2 Å². The molecule has 2 aromatic carbocycles. The van der Waals surface area contributed by atoms with Gasteiger partial charge in [0.2, 0.25) is 0 Å². The molecule has 1 unspecified atom stereocenters. The second-order valence-corrected chi connectivity index (χ2v) is 5.94. The van der Waals surface area contributed by atoms with Gasteiger partial charge in [0.1, 0.15) is 11.6 Å². The average Bonchev–Trinajstić information content (AvgIpc) is 2.56. The predicted molar refractivity (Wildman–Crippen MR) is 92.9 cm³/mol. The zero-order valence-corrected chi connectivity index (χ0v) is 14.4. The maximum Gasteiger partial charge on any atom is 0.315 e.